The van der Waals surface area contributed by atoms with Gasteiger partial charge in [-0.05, 0) is 72.3 Å². The summed E-state index contributed by atoms with van der Waals surface area (Å²) in [6.07, 6.45) is 1.59. The summed E-state index contributed by atoms with van der Waals surface area (Å²) in [6, 6.07) is 27.8. The molecule has 0 aliphatic carbocycles. The molecule has 0 fully saturated rings. The molecule has 4 aromatic rings. The van der Waals surface area contributed by atoms with E-state index in [1.165, 1.54) is 11.8 Å². The summed E-state index contributed by atoms with van der Waals surface area (Å²) >= 11 is 13.5. The highest BCUT2D eigenvalue weighted by atomic mass is 35.5. The van der Waals surface area contributed by atoms with Crippen LogP contribution in [0.3, 0.4) is 0 Å². The lowest BCUT2D eigenvalue weighted by Gasteiger charge is -2.12. The molecule has 7 nitrogen and oxygen atoms in total. The predicted octanol–water partition coefficient (Wildman–Crippen LogP) is 7.14. The third kappa shape index (κ3) is 8.62. The van der Waals surface area contributed by atoms with Gasteiger partial charge in [0.2, 0.25) is 5.91 Å². The van der Waals surface area contributed by atoms with Crippen LogP contribution in [-0.4, -0.2) is 30.6 Å². The minimum Gasteiger partial charge on any atom is -0.497 e. The van der Waals surface area contributed by atoms with Crippen LogP contribution in [0.25, 0.3) is 6.08 Å². The molecule has 0 aromatic heterocycles. The van der Waals surface area contributed by atoms with E-state index in [-0.39, 0.29) is 22.4 Å². The molecule has 0 bridgehead atoms. The molecular formula is C31H25Cl2N3O4S. The maximum atomic E-state index is 13.2. The van der Waals surface area contributed by atoms with Crippen LogP contribution in [0.5, 0.6) is 5.75 Å². The van der Waals surface area contributed by atoms with Gasteiger partial charge in [0.1, 0.15) is 11.4 Å². The highest BCUT2D eigenvalue weighted by molar-refractivity contribution is 8.00. The van der Waals surface area contributed by atoms with Crippen molar-refractivity contribution in [2.24, 2.45) is 0 Å². The number of ether oxygens (including phenoxy) is 1. The van der Waals surface area contributed by atoms with Crippen molar-refractivity contribution in [3.63, 3.8) is 0 Å². The fourth-order valence-corrected chi connectivity index (χ4v) is 4.62. The average Bonchev–Trinajstić information content (AvgIpc) is 2.99. The Labute approximate surface area is 251 Å². The molecule has 0 spiro atoms. The first kappa shape index (κ1) is 29.7. The number of methoxy groups -OCH3 is 1. The van der Waals surface area contributed by atoms with Crippen molar-refractivity contribution in [1.82, 2.24) is 5.32 Å². The molecule has 0 unspecified atom stereocenters. The number of benzene rings is 4. The Morgan fingerprint density at radius 2 is 1.54 bits per heavy atom. The minimum absolute atomic E-state index is 0.0684. The number of nitrogens with one attached hydrogen (secondary N) is 3. The zero-order valence-corrected chi connectivity index (χ0v) is 24.1. The standard InChI is InChI=1S/C31H25Cl2N3O4S/c1-40-23-14-10-20(11-15-23)18-27(36-30(38)21-6-3-2-4-7-21)31(39)34-22-12-16-24(17-13-22)41-19-28(37)35-26-9-5-8-25(32)29(26)33/h2-18H,19H2,1H3,(H,34,39)(H,35,37)(H,36,38)/b27-18-. The van der Waals surface area contributed by atoms with Crippen LogP contribution in [0.4, 0.5) is 11.4 Å². The highest BCUT2D eigenvalue weighted by Gasteiger charge is 2.15. The molecular weight excluding hydrogens is 581 g/mol. The van der Waals surface area contributed by atoms with Gasteiger partial charge in [-0.3, -0.25) is 14.4 Å². The summed E-state index contributed by atoms with van der Waals surface area (Å²) < 4.78 is 5.19. The third-order valence-electron chi connectivity index (χ3n) is 5.66. The molecule has 0 aliphatic rings. The number of anilines is 2. The van der Waals surface area contributed by atoms with E-state index in [1.807, 2.05) is 0 Å². The fraction of sp³-hybridized carbons (Fsp3) is 0.0645. The second-order valence-electron chi connectivity index (χ2n) is 8.57. The van der Waals surface area contributed by atoms with Crippen LogP contribution in [0.1, 0.15) is 15.9 Å². The number of thioether (sulfide) groups is 1. The Bertz CT molecular complexity index is 1560. The van der Waals surface area contributed by atoms with Crippen LogP contribution in [0, 0.1) is 0 Å². The second kappa shape index (κ2) is 14.4. The van der Waals surface area contributed by atoms with E-state index in [0.29, 0.717) is 33.3 Å². The normalized spacial score (nSPS) is 11.0. The summed E-state index contributed by atoms with van der Waals surface area (Å²) in [5.41, 5.74) is 2.15. The van der Waals surface area contributed by atoms with Gasteiger partial charge in [0.25, 0.3) is 11.8 Å². The first-order valence-corrected chi connectivity index (χ1v) is 14.1. The van der Waals surface area contributed by atoms with E-state index in [1.54, 1.807) is 110 Å². The minimum atomic E-state index is -0.497. The zero-order chi connectivity index (χ0) is 29.2. The predicted molar refractivity (Wildman–Crippen MR) is 166 cm³/mol. The summed E-state index contributed by atoms with van der Waals surface area (Å²) in [4.78, 5) is 39.3. The number of hydrogen-bond acceptors (Lipinski definition) is 5. The molecule has 41 heavy (non-hydrogen) atoms. The van der Waals surface area contributed by atoms with Crippen molar-refractivity contribution >= 4 is 70.1 Å². The van der Waals surface area contributed by atoms with Gasteiger partial charge in [0.15, 0.2) is 0 Å². The van der Waals surface area contributed by atoms with Gasteiger partial charge in [-0.1, -0.05) is 59.6 Å². The molecule has 3 amide bonds. The largest absolute Gasteiger partial charge is 0.497 e. The summed E-state index contributed by atoms with van der Waals surface area (Å²) in [6.45, 7) is 0. The lowest BCUT2D eigenvalue weighted by molar-refractivity contribution is -0.114. The monoisotopic (exact) mass is 605 g/mol. The molecule has 4 aromatic carbocycles. The number of halogens is 2. The first-order chi connectivity index (χ1) is 19.8. The van der Waals surface area contributed by atoms with Crippen molar-refractivity contribution in [3.05, 3.63) is 124 Å². The van der Waals surface area contributed by atoms with Crippen molar-refractivity contribution < 1.29 is 19.1 Å². The lowest BCUT2D eigenvalue weighted by Crippen LogP contribution is -2.30. The van der Waals surface area contributed by atoms with E-state index in [4.69, 9.17) is 27.9 Å². The van der Waals surface area contributed by atoms with Crippen molar-refractivity contribution in [2.75, 3.05) is 23.5 Å². The van der Waals surface area contributed by atoms with Gasteiger partial charge in [0, 0.05) is 16.1 Å². The van der Waals surface area contributed by atoms with Crippen LogP contribution in [0.2, 0.25) is 10.0 Å². The Morgan fingerprint density at radius 1 is 0.829 bits per heavy atom. The van der Waals surface area contributed by atoms with Gasteiger partial charge < -0.3 is 20.7 Å². The molecule has 3 N–H and O–H groups in total. The molecule has 0 saturated carbocycles. The third-order valence-corrected chi connectivity index (χ3v) is 7.49. The Morgan fingerprint density at radius 3 is 2.22 bits per heavy atom. The van der Waals surface area contributed by atoms with Gasteiger partial charge in [-0.15, -0.1) is 11.8 Å². The summed E-state index contributed by atoms with van der Waals surface area (Å²) in [7, 11) is 1.57. The molecule has 0 radical (unpaired) electrons. The van der Waals surface area contributed by atoms with Gasteiger partial charge in [0.05, 0.1) is 28.6 Å². The number of carbonyl (C=O) groups excluding carboxylic acids is 3. The maximum absolute atomic E-state index is 13.2. The molecule has 4 rings (SSSR count). The molecule has 0 saturated heterocycles. The lowest BCUT2D eigenvalue weighted by atomic mass is 10.1. The quantitative estimate of drug-likeness (QED) is 0.132. The smallest absolute Gasteiger partial charge is 0.272 e. The van der Waals surface area contributed by atoms with E-state index in [9.17, 15) is 14.4 Å². The van der Waals surface area contributed by atoms with E-state index < -0.39 is 11.8 Å². The second-order valence-corrected chi connectivity index (χ2v) is 10.4. The van der Waals surface area contributed by atoms with Crippen LogP contribution < -0.4 is 20.7 Å². The molecule has 0 heterocycles. The maximum Gasteiger partial charge on any atom is 0.272 e. The highest BCUT2D eigenvalue weighted by Crippen LogP contribution is 2.30. The zero-order valence-electron chi connectivity index (χ0n) is 21.8. The summed E-state index contributed by atoms with van der Waals surface area (Å²) in [5.74, 6) is -0.327. The molecule has 10 heteroatoms. The first-order valence-electron chi connectivity index (χ1n) is 12.3. The summed E-state index contributed by atoms with van der Waals surface area (Å²) in [5, 5.41) is 8.92. The van der Waals surface area contributed by atoms with Crippen molar-refractivity contribution in [1.29, 1.82) is 0 Å². The number of rotatable bonds is 10. The number of carbonyl (C=O) groups is 3. The fourth-order valence-electron chi connectivity index (χ4n) is 3.58. The number of amides is 3. The molecule has 0 atom stereocenters. The van der Waals surface area contributed by atoms with Gasteiger partial charge in [-0.25, -0.2) is 0 Å². The Hall–Kier alpha value is -4.24. The Kier molecular flexibility index (Phi) is 10.5. The van der Waals surface area contributed by atoms with Crippen LogP contribution in [-0.2, 0) is 9.59 Å². The van der Waals surface area contributed by atoms with Crippen molar-refractivity contribution in [2.45, 2.75) is 4.90 Å². The van der Waals surface area contributed by atoms with E-state index in [2.05, 4.69) is 16.0 Å². The SMILES string of the molecule is COc1ccc(/C=C(\NC(=O)c2ccccc2)C(=O)Nc2ccc(SCC(=O)Nc3cccc(Cl)c3Cl)cc2)cc1. The Balaban J connectivity index is 1.41. The van der Waals surface area contributed by atoms with Crippen molar-refractivity contribution in [3.8, 4) is 5.75 Å². The average molecular weight is 607 g/mol. The molecule has 208 valence electrons. The van der Waals surface area contributed by atoms with E-state index in [0.717, 1.165) is 4.90 Å². The number of hydrogen-bond donors (Lipinski definition) is 3. The van der Waals surface area contributed by atoms with Gasteiger partial charge >= 0.3 is 0 Å². The van der Waals surface area contributed by atoms with Crippen LogP contribution in [0.15, 0.2) is 108 Å². The van der Waals surface area contributed by atoms with E-state index >= 15 is 0 Å². The van der Waals surface area contributed by atoms with Gasteiger partial charge in [-0.2, -0.15) is 0 Å². The molecule has 0 aliphatic heterocycles. The van der Waals surface area contributed by atoms with Crippen LogP contribution >= 0.6 is 35.0 Å². The topological polar surface area (TPSA) is 96.5 Å².